The van der Waals surface area contributed by atoms with E-state index in [2.05, 4.69) is 83.7 Å². The van der Waals surface area contributed by atoms with E-state index in [1.807, 2.05) is 6.92 Å². The van der Waals surface area contributed by atoms with E-state index >= 15 is 0 Å². The summed E-state index contributed by atoms with van der Waals surface area (Å²) in [6.07, 6.45) is 7.56. The Balaban J connectivity index is 0.000000307. The molecule has 0 bridgehead atoms. The number of unbranched alkanes of at least 4 members (excludes halogenated alkanes) is 5. The molecule has 0 saturated carbocycles. The molecule has 186 valence electrons. The molecular weight excluding hydrogens is 436 g/mol. The van der Waals surface area contributed by atoms with Gasteiger partial charge in [0, 0.05) is 34.8 Å². The lowest BCUT2D eigenvalue weighted by atomic mass is 10.1. The van der Waals surface area contributed by atoms with Gasteiger partial charge in [-0.15, -0.1) is 0 Å². The minimum Gasteiger partial charge on any atom is -0.447 e. The first-order valence-corrected chi connectivity index (χ1v) is 12.6. The van der Waals surface area contributed by atoms with Gasteiger partial charge in [-0.2, -0.15) is 0 Å². The highest BCUT2D eigenvalue weighted by atomic mass is 16.6. The van der Waals surface area contributed by atoms with Gasteiger partial charge in [-0.1, -0.05) is 74.4 Å². The highest BCUT2D eigenvalue weighted by molar-refractivity contribution is 6.08. The summed E-state index contributed by atoms with van der Waals surface area (Å²) in [5.74, 6) is 12.0. The van der Waals surface area contributed by atoms with Crippen molar-refractivity contribution >= 4 is 27.9 Å². The van der Waals surface area contributed by atoms with E-state index in [1.54, 1.807) is 0 Å². The fourth-order valence-electron chi connectivity index (χ4n) is 3.88. The number of carbonyl (C=O) groups excluding carboxylic acids is 1. The third-order valence-corrected chi connectivity index (χ3v) is 5.65. The Morgan fingerprint density at radius 3 is 2.17 bits per heavy atom. The molecule has 1 amide bonds. The van der Waals surface area contributed by atoms with Gasteiger partial charge in [0.15, 0.2) is 0 Å². The number of benzene rings is 2. The molecule has 0 spiro atoms. The molecule has 0 radical (unpaired) electrons. The van der Waals surface area contributed by atoms with Crippen LogP contribution in [-0.2, 0) is 11.3 Å². The van der Waals surface area contributed by atoms with Crippen molar-refractivity contribution < 1.29 is 14.6 Å². The highest BCUT2D eigenvalue weighted by Crippen LogP contribution is 2.28. The van der Waals surface area contributed by atoms with Crippen LogP contribution < -0.4 is 5.73 Å². The number of ether oxygens (including phenoxy) is 1. The third-order valence-electron chi connectivity index (χ3n) is 5.65. The van der Waals surface area contributed by atoms with Gasteiger partial charge < -0.3 is 20.1 Å². The monoisotopic (exact) mass is 474 g/mol. The van der Waals surface area contributed by atoms with Crippen LogP contribution >= 0.6 is 0 Å². The van der Waals surface area contributed by atoms with Crippen LogP contribution in [0.5, 0.6) is 0 Å². The van der Waals surface area contributed by atoms with E-state index in [1.165, 1.54) is 41.1 Å². The summed E-state index contributed by atoms with van der Waals surface area (Å²) in [5, 5.41) is 11.2. The number of primary amides is 1. The van der Waals surface area contributed by atoms with E-state index in [0.717, 1.165) is 32.1 Å². The molecule has 5 nitrogen and oxygen atoms in total. The van der Waals surface area contributed by atoms with Gasteiger partial charge >= 0.3 is 6.09 Å². The van der Waals surface area contributed by atoms with Crippen molar-refractivity contribution in [2.75, 3.05) is 6.61 Å². The lowest BCUT2D eigenvalue weighted by Crippen LogP contribution is -2.20. The van der Waals surface area contributed by atoms with E-state index in [9.17, 15) is 4.79 Å². The third kappa shape index (κ3) is 9.77. The maximum atomic E-state index is 10.3. The summed E-state index contributed by atoms with van der Waals surface area (Å²) < 4.78 is 7.01. The Kier molecular flexibility index (Phi) is 12.9. The zero-order chi connectivity index (χ0) is 25.3. The molecule has 1 aromatic heterocycles. The average molecular weight is 475 g/mol. The first-order valence-electron chi connectivity index (χ1n) is 12.6. The van der Waals surface area contributed by atoms with Crippen molar-refractivity contribution in [1.29, 1.82) is 0 Å². The lowest BCUT2D eigenvalue weighted by Gasteiger charge is -2.10. The number of amides is 1. The summed E-state index contributed by atoms with van der Waals surface area (Å²) in [7, 11) is 0. The molecule has 35 heavy (non-hydrogen) atoms. The molecule has 0 saturated heterocycles. The fraction of sp³-hybridized carbons (Fsp3) is 0.433. The largest absolute Gasteiger partial charge is 0.447 e. The van der Waals surface area contributed by atoms with Crippen LogP contribution in [-0.4, -0.2) is 28.5 Å². The number of para-hydroxylation sites is 2. The highest BCUT2D eigenvalue weighted by Gasteiger charge is 2.08. The van der Waals surface area contributed by atoms with Gasteiger partial charge in [0.05, 0.1) is 6.54 Å². The Labute approximate surface area is 209 Å². The zero-order valence-electron chi connectivity index (χ0n) is 21.1. The number of fused-ring (bicyclic) bond motifs is 3. The van der Waals surface area contributed by atoms with Crippen molar-refractivity contribution in [2.45, 2.75) is 77.9 Å². The maximum absolute atomic E-state index is 10.3. The van der Waals surface area contributed by atoms with Crippen LogP contribution in [0.15, 0.2) is 48.5 Å². The lowest BCUT2D eigenvalue weighted by molar-refractivity contribution is 0.110. The van der Waals surface area contributed by atoms with Gasteiger partial charge in [0.1, 0.15) is 6.10 Å². The summed E-state index contributed by atoms with van der Waals surface area (Å²) in [5.41, 5.74) is 7.28. The molecule has 0 aliphatic rings. The minimum atomic E-state index is -0.669. The predicted octanol–water partition coefficient (Wildman–Crippen LogP) is 6.40. The number of aliphatic hydroxyl groups is 1. The predicted molar refractivity (Wildman–Crippen MR) is 145 cm³/mol. The molecule has 0 fully saturated rings. The second-order valence-electron chi connectivity index (χ2n) is 8.50. The van der Waals surface area contributed by atoms with E-state index < -0.39 is 6.09 Å². The Morgan fingerprint density at radius 2 is 1.57 bits per heavy atom. The normalized spacial score (nSPS) is 10.9. The van der Waals surface area contributed by atoms with Crippen molar-refractivity contribution in [3.05, 3.63) is 48.5 Å². The number of aromatic nitrogens is 1. The molecular formula is C30H38N2O3. The first kappa shape index (κ1) is 27.8. The summed E-state index contributed by atoms with van der Waals surface area (Å²) >= 11 is 0. The first-order chi connectivity index (χ1) is 17.1. The Bertz CT molecular complexity index is 1120. The van der Waals surface area contributed by atoms with Gasteiger partial charge in [-0.3, -0.25) is 0 Å². The van der Waals surface area contributed by atoms with Crippen LogP contribution in [0.2, 0.25) is 0 Å². The van der Waals surface area contributed by atoms with E-state index in [4.69, 9.17) is 15.6 Å². The number of hydrogen-bond acceptors (Lipinski definition) is 3. The summed E-state index contributed by atoms with van der Waals surface area (Å²) in [6.45, 7) is 4.92. The van der Waals surface area contributed by atoms with Crippen molar-refractivity contribution in [2.24, 2.45) is 5.73 Å². The number of hydrogen-bond donors (Lipinski definition) is 2. The van der Waals surface area contributed by atoms with Gasteiger partial charge in [0.2, 0.25) is 0 Å². The molecule has 3 rings (SSSR count). The standard InChI is InChI=1S/C21H19NO.C9H19NO2/c23-17-11-5-3-1-2-4-10-16-22-20-14-8-6-12-18(20)19-13-7-9-15-21(19)22;1-3-4-5-6-7-8(2)12-9(10)11/h6-9,12-15,23H,3,5,11,16-17H2;8H,3-7H2,1-2H3,(H2,10,11). The Hall–Kier alpha value is -3.41. The van der Waals surface area contributed by atoms with Crippen molar-refractivity contribution in [3.63, 3.8) is 0 Å². The van der Waals surface area contributed by atoms with Crippen LogP contribution in [0.3, 0.4) is 0 Å². The molecule has 0 aliphatic carbocycles. The summed E-state index contributed by atoms with van der Waals surface area (Å²) in [6, 6.07) is 16.9. The van der Waals surface area contributed by atoms with Crippen molar-refractivity contribution in [3.8, 4) is 23.7 Å². The van der Waals surface area contributed by atoms with Gasteiger partial charge in [-0.25, -0.2) is 4.79 Å². The van der Waals surface area contributed by atoms with E-state index in [-0.39, 0.29) is 12.7 Å². The molecule has 1 heterocycles. The molecule has 1 unspecified atom stereocenters. The zero-order valence-corrected chi connectivity index (χ0v) is 21.1. The molecule has 0 aliphatic heterocycles. The smallest absolute Gasteiger partial charge is 0.404 e. The second-order valence-corrected chi connectivity index (χ2v) is 8.50. The van der Waals surface area contributed by atoms with Gasteiger partial charge in [-0.05, 0) is 56.6 Å². The quantitative estimate of drug-likeness (QED) is 0.263. The second kappa shape index (κ2) is 16.3. The number of nitrogens with zero attached hydrogens (tertiary/aromatic N) is 1. The van der Waals surface area contributed by atoms with Crippen LogP contribution in [0, 0.1) is 23.7 Å². The van der Waals surface area contributed by atoms with Gasteiger partial charge in [0.25, 0.3) is 0 Å². The molecule has 5 heteroatoms. The summed E-state index contributed by atoms with van der Waals surface area (Å²) in [4.78, 5) is 10.3. The SMILES string of the molecule is CCCCCCC(C)OC(N)=O.OCCCCC#CC#CCn1c2ccccc2c2ccccc21. The molecule has 1 atom stereocenters. The van der Waals surface area contributed by atoms with Crippen LogP contribution in [0.4, 0.5) is 4.79 Å². The maximum Gasteiger partial charge on any atom is 0.404 e. The topological polar surface area (TPSA) is 77.5 Å². The van der Waals surface area contributed by atoms with E-state index in [0.29, 0.717) is 6.54 Å². The van der Waals surface area contributed by atoms with Crippen molar-refractivity contribution in [1.82, 2.24) is 4.57 Å². The fourth-order valence-corrected chi connectivity index (χ4v) is 3.88. The average Bonchev–Trinajstić information content (AvgIpc) is 3.17. The number of rotatable bonds is 10. The minimum absolute atomic E-state index is 0.0284. The number of carbonyl (C=O) groups is 1. The number of aliphatic hydroxyl groups excluding tert-OH is 1. The molecule has 3 N–H and O–H groups in total. The molecule has 2 aromatic carbocycles. The van der Waals surface area contributed by atoms with Crippen LogP contribution in [0.1, 0.15) is 65.2 Å². The van der Waals surface area contributed by atoms with Crippen LogP contribution in [0.25, 0.3) is 21.8 Å². The Morgan fingerprint density at radius 1 is 0.943 bits per heavy atom. The number of nitrogens with two attached hydrogens (primary N) is 1. The molecule has 3 aromatic rings.